The highest BCUT2D eigenvalue weighted by atomic mass is 35.5. The van der Waals surface area contributed by atoms with Crippen LogP contribution in [-0.2, 0) is 22.9 Å². The summed E-state index contributed by atoms with van der Waals surface area (Å²) >= 11 is 7.48. The first kappa shape index (κ1) is 16.5. The Balaban J connectivity index is 1.84. The number of hydrogen-bond donors (Lipinski definition) is 1. The average molecular weight is 373 g/mol. The van der Waals surface area contributed by atoms with Crippen molar-refractivity contribution in [3.63, 3.8) is 0 Å². The number of thiazole rings is 1. The molecule has 1 heterocycles. The van der Waals surface area contributed by atoms with E-state index in [-0.39, 0.29) is 9.92 Å². The molecule has 0 spiro atoms. The molecule has 1 aliphatic carbocycles. The molecule has 1 aliphatic rings. The molecule has 1 aromatic carbocycles. The van der Waals surface area contributed by atoms with Crippen molar-refractivity contribution in [1.82, 2.24) is 4.98 Å². The first-order chi connectivity index (χ1) is 11.0. The highest BCUT2D eigenvalue weighted by molar-refractivity contribution is 7.93. The lowest BCUT2D eigenvalue weighted by Gasteiger charge is -2.09. The molecule has 0 amide bonds. The largest absolute Gasteiger partial charge is 0.492 e. The minimum Gasteiger partial charge on any atom is -0.492 e. The third-order valence-corrected chi connectivity index (χ3v) is 6.41. The third-order valence-electron chi connectivity index (χ3n) is 3.58. The molecule has 0 fully saturated rings. The molecule has 8 heteroatoms. The van der Waals surface area contributed by atoms with Gasteiger partial charge in [0.25, 0.3) is 10.0 Å². The van der Waals surface area contributed by atoms with E-state index in [2.05, 4.69) is 9.71 Å². The van der Waals surface area contributed by atoms with Crippen molar-refractivity contribution in [2.24, 2.45) is 0 Å². The quantitative estimate of drug-likeness (QED) is 0.864. The highest BCUT2D eigenvalue weighted by Gasteiger charge is 2.21. The summed E-state index contributed by atoms with van der Waals surface area (Å²) in [5.74, 6) is 0.470. The van der Waals surface area contributed by atoms with Gasteiger partial charge in [-0.1, -0.05) is 11.6 Å². The Morgan fingerprint density at radius 3 is 2.83 bits per heavy atom. The van der Waals surface area contributed by atoms with E-state index >= 15 is 0 Å². The zero-order valence-corrected chi connectivity index (χ0v) is 15.0. The van der Waals surface area contributed by atoms with Gasteiger partial charge in [0.2, 0.25) is 0 Å². The summed E-state index contributed by atoms with van der Waals surface area (Å²) in [5, 5.41) is 0.690. The molecule has 0 unspecified atom stereocenters. The molecule has 3 rings (SSSR count). The fourth-order valence-corrected chi connectivity index (χ4v) is 5.10. The summed E-state index contributed by atoms with van der Waals surface area (Å²) < 4.78 is 32.9. The van der Waals surface area contributed by atoms with Crippen LogP contribution in [0.2, 0.25) is 5.02 Å². The standard InChI is InChI=1S/C15H17ClN2O3S2/c1-2-21-13-8-7-10(9-11(13)16)23(19,20)18-15-17-12-5-3-4-6-14(12)22-15/h7-9H,2-6H2,1H3,(H,17,18). The molecule has 0 atom stereocenters. The van der Waals surface area contributed by atoms with Crippen molar-refractivity contribution in [3.8, 4) is 5.75 Å². The van der Waals surface area contributed by atoms with Crippen LogP contribution in [0.1, 0.15) is 30.3 Å². The summed E-state index contributed by atoms with van der Waals surface area (Å²) in [4.78, 5) is 5.68. The average Bonchev–Trinajstić information content (AvgIpc) is 2.90. The lowest BCUT2D eigenvalue weighted by atomic mass is 10.0. The number of rotatable bonds is 5. The molecular formula is C15H17ClN2O3S2. The van der Waals surface area contributed by atoms with Crippen LogP contribution in [0.25, 0.3) is 0 Å². The highest BCUT2D eigenvalue weighted by Crippen LogP contribution is 2.32. The topological polar surface area (TPSA) is 68.3 Å². The van der Waals surface area contributed by atoms with Crippen molar-refractivity contribution >= 4 is 38.1 Å². The monoisotopic (exact) mass is 372 g/mol. The number of aromatic nitrogens is 1. The zero-order chi connectivity index (χ0) is 16.4. The molecule has 0 radical (unpaired) electrons. The molecule has 1 N–H and O–H groups in total. The smallest absolute Gasteiger partial charge is 0.263 e. The van der Waals surface area contributed by atoms with Gasteiger partial charge in [0.05, 0.1) is 22.2 Å². The number of halogens is 1. The maximum atomic E-state index is 12.5. The van der Waals surface area contributed by atoms with E-state index < -0.39 is 10.0 Å². The van der Waals surface area contributed by atoms with Crippen LogP contribution in [0.3, 0.4) is 0 Å². The van der Waals surface area contributed by atoms with Gasteiger partial charge < -0.3 is 4.74 Å². The van der Waals surface area contributed by atoms with Gasteiger partial charge in [-0.15, -0.1) is 11.3 Å². The van der Waals surface area contributed by atoms with Crippen molar-refractivity contribution in [1.29, 1.82) is 0 Å². The van der Waals surface area contributed by atoms with Crippen molar-refractivity contribution in [2.45, 2.75) is 37.5 Å². The van der Waals surface area contributed by atoms with Gasteiger partial charge in [0, 0.05) is 4.88 Å². The predicted molar refractivity (Wildman–Crippen MR) is 92.2 cm³/mol. The number of benzene rings is 1. The van der Waals surface area contributed by atoms with E-state index in [0.29, 0.717) is 17.5 Å². The minimum absolute atomic E-state index is 0.0964. The van der Waals surface area contributed by atoms with E-state index in [1.165, 1.54) is 28.3 Å². The molecule has 5 nitrogen and oxygen atoms in total. The van der Waals surface area contributed by atoms with Gasteiger partial charge in [-0.25, -0.2) is 13.4 Å². The molecule has 23 heavy (non-hydrogen) atoms. The Morgan fingerprint density at radius 1 is 1.35 bits per heavy atom. The number of nitrogens with zero attached hydrogens (tertiary/aromatic N) is 1. The minimum atomic E-state index is -3.71. The lowest BCUT2D eigenvalue weighted by Crippen LogP contribution is -2.13. The fourth-order valence-electron chi connectivity index (χ4n) is 2.49. The van der Waals surface area contributed by atoms with Gasteiger partial charge in [0.1, 0.15) is 5.75 Å². The molecule has 0 aliphatic heterocycles. The first-order valence-electron chi connectivity index (χ1n) is 7.43. The summed E-state index contributed by atoms with van der Waals surface area (Å²) in [5.41, 5.74) is 1.02. The van der Waals surface area contributed by atoms with Crippen LogP contribution in [0, 0.1) is 0 Å². The second-order valence-electron chi connectivity index (χ2n) is 5.23. The second-order valence-corrected chi connectivity index (χ2v) is 8.40. The Bertz CT molecular complexity index is 795. The summed E-state index contributed by atoms with van der Waals surface area (Å²) in [6.45, 7) is 2.31. The lowest BCUT2D eigenvalue weighted by molar-refractivity contribution is 0.340. The number of ether oxygens (including phenoxy) is 1. The van der Waals surface area contributed by atoms with Crippen LogP contribution in [0.15, 0.2) is 23.1 Å². The Kier molecular flexibility index (Phi) is 4.79. The molecule has 0 saturated heterocycles. The summed E-state index contributed by atoms with van der Waals surface area (Å²) in [6, 6.07) is 4.43. The first-order valence-corrected chi connectivity index (χ1v) is 10.1. The number of nitrogens with one attached hydrogen (secondary N) is 1. The van der Waals surface area contributed by atoms with Crippen LogP contribution in [0.4, 0.5) is 5.13 Å². The van der Waals surface area contributed by atoms with Gasteiger partial charge in [0.15, 0.2) is 5.13 Å². The van der Waals surface area contributed by atoms with Crippen molar-refractivity contribution < 1.29 is 13.2 Å². The fraction of sp³-hybridized carbons (Fsp3) is 0.400. The maximum absolute atomic E-state index is 12.5. The van der Waals surface area contributed by atoms with Gasteiger partial charge in [-0.2, -0.15) is 0 Å². The van der Waals surface area contributed by atoms with Crippen LogP contribution in [-0.4, -0.2) is 20.0 Å². The molecule has 124 valence electrons. The molecule has 0 bridgehead atoms. The molecule has 0 saturated carbocycles. The number of aryl methyl sites for hydroxylation is 2. The number of fused-ring (bicyclic) bond motifs is 1. The van der Waals surface area contributed by atoms with Gasteiger partial charge in [-0.3, -0.25) is 4.72 Å². The normalized spacial score (nSPS) is 14.3. The molecule has 2 aromatic rings. The van der Waals surface area contributed by atoms with E-state index in [0.717, 1.165) is 31.4 Å². The second kappa shape index (κ2) is 6.67. The van der Waals surface area contributed by atoms with E-state index in [9.17, 15) is 8.42 Å². The molecular weight excluding hydrogens is 356 g/mol. The number of anilines is 1. The molecule has 1 aromatic heterocycles. The van der Waals surface area contributed by atoms with E-state index in [4.69, 9.17) is 16.3 Å². The maximum Gasteiger partial charge on any atom is 0.263 e. The van der Waals surface area contributed by atoms with Crippen molar-refractivity contribution in [3.05, 3.63) is 33.8 Å². The third kappa shape index (κ3) is 3.62. The summed E-state index contributed by atoms with van der Waals surface area (Å²) in [7, 11) is -3.71. The Morgan fingerprint density at radius 2 is 2.13 bits per heavy atom. The summed E-state index contributed by atoms with van der Waals surface area (Å²) in [6.07, 6.45) is 4.14. The zero-order valence-electron chi connectivity index (χ0n) is 12.6. The van der Waals surface area contributed by atoms with Crippen molar-refractivity contribution in [2.75, 3.05) is 11.3 Å². The van der Waals surface area contributed by atoms with E-state index in [1.54, 1.807) is 6.07 Å². The number of hydrogen-bond acceptors (Lipinski definition) is 5. The Labute approximate surface area is 144 Å². The van der Waals surface area contributed by atoms with Crippen LogP contribution >= 0.6 is 22.9 Å². The Hall–Kier alpha value is -1.31. The van der Waals surface area contributed by atoms with Crippen LogP contribution in [0.5, 0.6) is 5.75 Å². The number of sulfonamides is 1. The van der Waals surface area contributed by atoms with Crippen LogP contribution < -0.4 is 9.46 Å². The predicted octanol–water partition coefficient (Wildman–Crippen LogP) is 3.87. The van der Waals surface area contributed by atoms with Gasteiger partial charge in [-0.05, 0) is 50.8 Å². The van der Waals surface area contributed by atoms with E-state index in [1.807, 2.05) is 6.92 Å². The SMILES string of the molecule is CCOc1ccc(S(=O)(=O)Nc2nc3c(s2)CCCC3)cc1Cl. The van der Waals surface area contributed by atoms with Gasteiger partial charge >= 0.3 is 0 Å².